The monoisotopic (exact) mass is 386 g/mol. The highest BCUT2D eigenvalue weighted by molar-refractivity contribution is 5.84. The van der Waals surface area contributed by atoms with Gasteiger partial charge in [-0.25, -0.2) is 0 Å². The number of piperazine rings is 1. The molecule has 28 heavy (non-hydrogen) atoms. The second-order valence-corrected chi connectivity index (χ2v) is 8.35. The Kier molecular flexibility index (Phi) is 7.45. The maximum absolute atomic E-state index is 12.7. The van der Waals surface area contributed by atoms with Crippen LogP contribution in [-0.4, -0.2) is 65.9 Å². The normalized spacial score (nSPS) is 20.2. The molecule has 1 saturated carbocycles. The zero-order chi connectivity index (χ0) is 19.9. The number of hydrogen-bond donors (Lipinski definition) is 2. The van der Waals surface area contributed by atoms with Crippen LogP contribution in [0.2, 0.25) is 0 Å². The van der Waals surface area contributed by atoms with Crippen LogP contribution in [0.5, 0.6) is 0 Å². The van der Waals surface area contributed by atoms with Crippen molar-refractivity contribution in [3.63, 3.8) is 0 Å². The molecule has 1 saturated heterocycles. The highest BCUT2D eigenvalue weighted by Crippen LogP contribution is 2.19. The average Bonchev–Trinajstić information content (AvgIpc) is 3.49. The van der Waals surface area contributed by atoms with E-state index in [4.69, 9.17) is 0 Å². The van der Waals surface area contributed by atoms with Gasteiger partial charge in [0.25, 0.3) is 0 Å². The molecule has 0 bridgehead atoms. The second-order valence-electron chi connectivity index (χ2n) is 8.35. The first-order valence-electron chi connectivity index (χ1n) is 10.6. The third-order valence-electron chi connectivity index (χ3n) is 5.46. The van der Waals surface area contributed by atoms with Crippen LogP contribution in [0.4, 0.5) is 0 Å². The molecule has 1 aromatic carbocycles. The fourth-order valence-electron chi connectivity index (χ4n) is 3.73. The Morgan fingerprint density at radius 3 is 2.64 bits per heavy atom. The minimum absolute atomic E-state index is 0.00406. The van der Waals surface area contributed by atoms with Gasteiger partial charge in [0.15, 0.2) is 0 Å². The lowest BCUT2D eigenvalue weighted by atomic mass is 10.1. The molecule has 1 aliphatic carbocycles. The van der Waals surface area contributed by atoms with E-state index >= 15 is 0 Å². The SMILES string of the molecule is CC(C)N(C[C@@H]1CN(Cc2ccccc2)CCN1)C(=O)CCC(=O)NC1CC1. The number of benzene rings is 1. The lowest BCUT2D eigenvalue weighted by Crippen LogP contribution is -2.56. The minimum atomic E-state index is 0.00406. The van der Waals surface area contributed by atoms with Crippen LogP contribution in [0.3, 0.4) is 0 Å². The van der Waals surface area contributed by atoms with E-state index in [9.17, 15) is 9.59 Å². The molecule has 0 unspecified atom stereocenters. The predicted molar refractivity (Wildman–Crippen MR) is 111 cm³/mol. The molecule has 0 aromatic heterocycles. The molecule has 0 radical (unpaired) electrons. The van der Waals surface area contributed by atoms with E-state index < -0.39 is 0 Å². The van der Waals surface area contributed by atoms with E-state index in [0.717, 1.165) is 39.0 Å². The van der Waals surface area contributed by atoms with E-state index in [1.165, 1.54) is 5.56 Å². The highest BCUT2D eigenvalue weighted by Gasteiger charge is 2.27. The molecule has 1 aliphatic heterocycles. The number of amides is 2. The van der Waals surface area contributed by atoms with Gasteiger partial charge in [-0.15, -0.1) is 0 Å². The van der Waals surface area contributed by atoms with Crippen LogP contribution in [0, 0.1) is 0 Å². The molecule has 2 fully saturated rings. The molecule has 2 aliphatic rings. The molecule has 154 valence electrons. The molecule has 1 aromatic rings. The van der Waals surface area contributed by atoms with Gasteiger partial charge in [0.05, 0.1) is 0 Å². The summed E-state index contributed by atoms with van der Waals surface area (Å²) < 4.78 is 0. The minimum Gasteiger partial charge on any atom is -0.353 e. The van der Waals surface area contributed by atoms with Gasteiger partial charge in [-0.1, -0.05) is 30.3 Å². The summed E-state index contributed by atoms with van der Waals surface area (Å²) in [5, 5.41) is 6.52. The number of nitrogens with one attached hydrogen (secondary N) is 2. The van der Waals surface area contributed by atoms with Gasteiger partial charge in [0.2, 0.25) is 11.8 Å². The van der Waals surface area contributed by atoms with Crippen molar-refractivity contribution in [1.82, 2.24) is 20.4 Å². The van der Waals surface area contributed by atoms with Crippen LogP contribution in [0.15, 0.2) is 30.3 Å². The molecule has 1 atom stereocenters. The number of rotatable bonds is 9. The smallest absolute Gasteiger partial charge is 0.223 e. The first-order valence-corrected chi connectivity index (χ1v) is 10.6. The van der Waals surface area contributed by atoms with Crippen LogP contribution in [0.25, 0.3) is 0 Å². The van der Waals surface area contributed by atoms with E-state index in [1.807, 2.05) is 24.8 Å². The van der Waals surface area contributed by atoms with Crippen molar-refractivity contribution >= 4 is 11.8 Å². The Labute approximate surface area is 168 Å². The van der Waals surface area contributed by atoms with Crippen molar-refractivity contribution < 1.29 is 9.59 Å². The zero-order valence-corrected chi connectivity index (χ0v) is 17.2. The Hall–Kier alpha value is -1.92. The number of carbonyl (C=O) groups excluding carboxylic acids is 2. The molecular weight excluding hydrogens is 352 g/mol. The van der Waals surface area contributed by atoms with Gasteiger partial charge in [-0.05, 0) is 32.3 Å². The number of carbonyl (C=O) groups is 2. The fourth-order valence-corrected chi connectivity index (χ4v) is 3.73. The van der Waals surface area contributed by atoms with Gasteiger partial charge in [0.1, 0.15) is 0 Å². The third kappa shape index (κ3) is 6.60. The first-order chi connectivity index (χ1) is 13.5. The Morgan fingerprint density at radius 2 is 1.96 bits per heavy atom. The Bertz CT molecular complexity index is 645. The van der Waals surface area contributed by atoms with Crippen molar-refractivity contribution in [2.24, 2.45) is 0 Å². The molecule has 2 N–H and O–H groups in total. The molecule has 6 heteroatoms. The van der Waals surface area contributed by atoms with Crippen molar-refractivity contribution in [2.45, 2.75) is 64.2 Å². The van der Waals surface area contributed by atoms with Crippen molar-refractivity contribution in [2.75, 3.05) is 26.2 Å². The van der Waals surface area contributed by atoms with E-state index in [1.54, 1.807) is 0 Å². The van der Waals surface area contributed by atoms with E-state index in [-0.39, 0.29) is 36.7 Å². The standard InChI is InChI=1S/C22H34N4O2/c1-17(2)26(22(28)11-10-21(27)24-19-8-9-19)16-20-15-25(13-12-23-20)14-18-6-4-3-5-7-18/h3-7,17,19-20,23H,8-16H2,1-2H3,(H,24,27)/t20-/m0/s1. The Morgan fingerprint density at radius 1 is 1.21 bits per heavy atom. The molecule has 3 rings (SSSR count). The van der Waals surface area contributed by atoms with Gasteiger partial charge in [-0.3, -0.25) is 14.5 Å². The van der Waals surface area contributed by atoms with Crippen molar-refractivity contribution in [3.8, 4) is 0 Å². The highest BCUT2D eigenvalue weighted by atomic mass is 16.2. The van der Waals surface area contributed by atoms with Crippen molar-refractivity contribution in [3.05, 3.63) is 35.9 Å². The summed E-state index contributed by atoms with van der Waals surface area (Å²) in [7, 11) is 0. The maximum atomic E-state index is 12.7. The van der Waals surface area contributed by atoms with Crippen LogP contribution in [0.1, 0.15) is 45.1 Å². The summed E-state index contributed by atoms with van der Waals surface area (Å²) in [6.07, 6.45) is 2.73. The molecule has 2 amide bonds. The van der Waals surface area contributed by atoms with Crippen molar-refractivity contribution in [1.29, 1.82) is 0 Å². The van der Waals surface area contributed by atoms with Crippen LogP contribution < -0.4 is 10.6 Å². The quantitative estimate of drug-likeness (QED) is 0.679. The second kappa shape index (κ2) is 10.0. The topological polar surface area (TPSA) is 64.7 Å². The van der Waals surface area contributed by atoms with E-state index in [0.29, 0.717) is 12.6 Å². The molecule has 0 spiro atoms. The van der Waals surface area contributed by atoms with Gasteiger partial charge < -0.3 is 15.5 Å². The van der Waals surface area contributed by atoms with E-state index in [2.05, 4.69) is 39.8 Å². The summed E-state index contributed by atoms with van der Waals surface area (Å²) >= 11 is 0. The molecule has 6 nitrogen and oxygen atoms in total. The van der Waals surface area contributed by atoms with Crippen LogP contribution in [-0.2, 0) is 16.1 Å². The summed E-state index contributed by atoms with van der Waals surface area (Å²) in [6, 6.07) is 11.3. The van der Waals surface area contributed by atoms with Gasteiger partial charge in [0, 0.05) is 63.7 Å². The largest absolute Gasteiger partial charge is 0.353 e. The maximum Gasteiger partial charge on any atom is 0.223 e. The Balaban J connectivity index is 1.48. The average molecular weight is 387 g/mol. The first kappa shape index (κ1) is 20.8. The third-order valence-corrected chi connectivity index (χ3v) is 5.46. The summed E-state index contributed by atoms with van der Waals surface area (Å²) in [5.74, 6) is 0.0762. The van der Waals surface area contributed by atoms with Crippen LogP contribution >= 0.6 is 0 Å². The fraction of sp³-hybridized carbons (Fsp3) is 0.636. The predicted octanol–water partition coefficient (Wildman–Crippen LogP) is 1.76. The molecular formula is C22H34N4O2. The number of nitrogens with zero attached hydrogens (tertiary/aromatic N) is 2. The number of hydrogen-bond acceptors (Lipinski definition) is 4. The summed E-state index contributed by atoms with van der Waals surface area (Å²) in [6.45, 7) is 8.60. The zero-order valence-electron chi connectivity index (χ0n) is 17.2. The summed E-state index contributed by atoms with van der Waals surface area (Å²) in [4.78, 5) is 29.0. The van der Waals surface area contributed by atoms with Gasteiger partial charge in [-0.2, -0.15) is 0 Å². The lowest BCUT2D eigenvalue weighted by Gasteiger charge is -2.38. The summed E-state index contributed by atoms with van der Waals surface area (Å²) in [5.41, 5.74) is 1.32. The molecule has 1 heterocycles. The van der Waals surface area contributed by atoms with Gasteiger partial charge >= 0.3 is 0 Å². The lowest BCUT2D eigenvalue weighted by molar-refractivity contribution is -0.135.